The Bertz CT molecular complexity index is 518. The fourth-order valence-corrected chi connectivity index (χ4v) is 1.87. The maximum atomic E-state index is 4.97. The van der Waals surface area contributed by atoms with E-state index in [0.29, 0.717) is 19.7 Å². The van der Waals surface area contributed by atoms with Gasteiger partial charge in [-0.25, -0.2) is 4.68 Å². The summed E-state index contributed by atoms with van der Waals surface area (Å²) in [5.41, 5.74) is 3.05. The zero-order valence-electron chi connectivity index (χ0n) is 11.6. The number of hydrogen-bond donors (Lipinski definition) is 1. The molecule has 0 radical (unpaired) electrons. The minimum absolute atomic E-state index is 0.683. The highest BCUT2D eigenvalue weighted by Crippen LogP contribution is 2.04. The summed E-state index contributed by atoms with van der Waals surface area (Å²) in [6, 6.07) is 2.05. The second-order valence-electron chi connectivity index (χ2n) is 4.48. The lowest BCUT2D eigenvalue weighted by atomic mass is 10.3. The third-order valence-electron chi connectivity index (χ3n) is 2.80. The molecule has 0 bridgehead atoms. The van der Waals surface area contributed by atoms with Crippen LogP contribution in [0.2, 0.25) is 0 Å². The van der Waals surface area contributed by atoms with Crippen LogP contribution in [-0.2, 0) is 24.9 Å². The van der Waals surface area contributed by atoms with Gasteiger partial charge < -0.3 is 10.1 Å². The molecule has 0 aliphatic heterocycles. The van der Waals surface area contributed by atoms with Gasteiger partial charge in [-0.1, -0.05) is 5.21 Å². The van der Waals surface area contributed by atoms with Gasteiger partial charge in [-0.15, -0.1) is 5.10 Å². The van der Waals surface area contributed by atoms with Crippen LogP contribution in [0.3, 0.4) is 0 Å². The topological polar surface area (TPSA) is 69.8 Å². The van der Waals surface area contributed by atoms with Gasteiger partial charge in [0, 0.05) is 27.2 Å². The summed E-state index contributed by atoms with van der Waals surface area (Å²) in [6.45, 7) is 4.87. The number of methoxy groups -OCH3 is 1. The van der Waals surface area contributed by atoms with Crippen molar-refractivity contribution in [3.05, 3.63) is 29.3 Å². The van der Waals surface area contributed by atoms with Gasteiger partial charge in [0.2, 0.25) is 0 Å². The number of aromatic nitrogens is 5. The fraction of sp³-hybridized carbons (Fsp3) is 0.583. The van der Waals surface area contributed by atoms with Crippen LogP contribution < -0.4 is 5.32 Å². The van der Waals surface area contributed by atoms with E-state index in [1.807, 2.05) is 29.5 Å². The molecule has 0 aliphatic carbocycles. The van der Waals surface area contributed by atoms with Gasteiger partial charge in [-0.3, -0.25) is 4.68 Å². The zero-order valence-corrected chi connectivity index (χ0v) is 11.6. The monoisotopic (exact) mass is 264 g/mol. The standard InChI is InChI=1S/C12H20N6O/c1-10-6-12(17(2)15-10)9-18-8-11(14-16-18)7-13-4-5-19-3/h6,8,13H,4-5,7,9H2,1-3H3. The van der Waals surface area contributed by atoms with Crippen molar-refractivity contribution in [2.45, 2.75) is 20.0 Å². The van der Waals surface area contributed by atoms with Gasteiger partial charge >= 0.3 is 0 Å². The second-order valence-corrected chi connectivity index (χ2v) is 4.48. The van der Waals surface area contributed by atoms with Crippen molar-refractivity contribution in [1.82, 2.24) is 30.1 Å². The summed E-state index contributed by atoms with van der Waals surface area (Å²) in [5, 5.41) is 15.8. The van der Waals surface area contributed by atoms with Crippen LogP contribution in [0.25, 0.3) is 0 Å². The quantitative estimate of drug-likeness (QED) is 0.719. The lowest BCUT2D eigenvalue weighted by Crippen LogP contribution is -2.18. The molecule has 2 aromatic heterocycles. The molecular formula is C12H20N6O. The van der Waals surface area contributed by atoms with Crippen molar-refractivity contribution in [3.63, 3.8) is 0 Å². The molecule has 0 atom stereocenters. The van der Waals surface area contributed by atoms with Crippen LogP contribution in [0.1, 0.15) is 17.1 Å². The Morgan fingerprint density at radius 2 is 2.26 bits per heavy atom. The molecule has 2 rings (SSSR count). The lowest BCUT2D eigenvalue weighted by molar-refractivity contribution is 0.199. The predicted molar refractivity (Wildman–Crippen MR) is 70.7 cm³/mol. The molecule has 2 heterocycles. The van der Waals surface area contributed by atoms with E-state index in [1.165, 1.54) is 0 Å². The second kappa shape index (κ2) is 6.44. The van der Waals surface area contributed by atoms with Crippen molar-refractivity contribution in [1.29, 1.82) is 0 Å². The number of hydrogen-bond acceptors (Lipinski definition) is 5. The molecule has 0 saturated carbocycles. The van der Waals surface area contributed by atoms with Crippen LogP contribution in [0, 0.1) is 6.92 Å². The Morgan fingerprint density at radius 3 is 2.95 bits per heavy atom. The molecule has 0 unspecified atom stereocenters. The van der Waals surface area contributed by atoms with Crippen molar-refractivity contribution < 1.29 is 4.74 Å². The van der Waals surface area contributed by atoms with Crippen LogP contribution in [0.5, 0.6) is 0 Å². The Hall–Kier alpha value is -1.73. The molecule has 2 aromatic rings. The molecule has 1 N–H and O–H groups in total. The number of nitrogens with zero attached hydrogens (tertiary/aromatic N) is 5. The Balaban J connectivity index is 1.88. The van der Waals surface area contributed by atoms with Crippen LogP contribution in [0.4, 0.5) is 0 Å². The Morgan fingerprint density at radius 1 is 1.42 bits per heavy atom. The van der Waals surface area contributed by atoms with Gasteiger partial charge in [0.1, 0.15) is 0 Å². The average molecular weight is 264 g/mol. The molecule has 0 aromatic carbocycles. The maximum absolute atomic E-state index is 4.97. The van der Waals surface area contributed by atoms with Crippen molar-refractivity contribution in [2.75, 3.05) is 20.3 Å². The van der Waals surface area contributed by atoms with E-state index in [4.69, 9.17) is 4.74 Å². The first-order chi connectivity index (χ1) is 9.19. The largest absolute Gasteiger partial charge is 0.383 e. The SMILES string of the molecule is COCCNCc1cn(Cc2cc(C)nn2C)nn1. The van der Waals surface area contributed by atoms with Gasteiger partial charge in [0.05, 0.1) is 36.4 Å². The first-order valence-corrected chi connectivity index (χ1v) is 6.27. The fourth-order valence-electron chi connectivity index (χ4n) is 1.87. The van der Waals surface area contributed by atoms with Gasteiger partial charge in [0.25, 0.3) is 0 Å². The normalized spacial score (nSPS) is 11.1. The predicted octanol–water partition coefficient (Wildman–Crippen LogP) is 0.104. The van der Waals surface area contributed by atoms with E-state index < -0.39 is 0 Å². The van der Waals surface area contributed by atoms with Crippen LogP contribution >= 0.6 is 0 Å². The van der Waals surface area contributed by atoms with E-state index in [2.05, 4.69) is 26.8 Å². The van der Waals surface area contributed by atoms with E-state index >= 15 is 0 Å². The average Bonchev–Trinajstić information content (AvgIpc) is 2.93. The molecule has 7 heteroatoms. The summed E-state index contributed by atoms with van der Waals surface area (Å²) >= 11 is 0. The van der Waals surface area contributed by atoms with Gasteiger partial charge in [-0.2, -0.15) is 5.10 Å². The van der Waals surface area contributed by atoms with Crippen molar-refractivity contribution in [2.24, 2.45) is 7.05 Å². The number of ether oxygens (including phenoxy) is 1. The minimum atomic E-state index is 0.683. The highest BCUT2D eigenvalue weighted by atomic mass is 16.5. The summed E-state index contributed by atoms with van der Waals surface area (Å²) in [4.78, 5) is 0. The highest BCUT2D eigenvalue weighted by molar-refractivity contribution is 5.09. The van der Waals surface area contributed by atoms with E-state index in [9.17, 15) is 0 Å². The van der Waals surface area contributed by atoms with Gasteiger partial charge in [0.15, 0.2) is 0 Å². The summed E-state index contributed by atoms with van der Waals surface area (Å²) in [6.07, 6.45) is 1.95. The molecule has 7 nitrogen and oxygen atoms in total. The first kappa shape index (κ1) is 13.7. The summed E-state index contributed by atoms with van der Waals surface area (Å²) in [7, 11) is 3.63. The molecule has 19 heavy (non-hydrogen) atoms. The number of nitrogens with one attached hydrogen (secondary N) is 1. The van der Waals surface area contributed by atoms with Crippen molar-refractivity contribution in [3.8, 4) is 0 Å². The lowest BCUT2D eigenvalue weighted by Gasteiger charge is -2.01. The van der Waals surface area contributed by atoms with Crippen LogP contribution in [0.15, 0.2) is 12.3 Å². The van der Waals surface area contributed by atoms with Crippen LogP contribution in [-0.4, -0.2) is 45.0 Å². The van der Waals surface area contributed by atoms with E-state index in [0.717, 1.165) is 23.6 Å². The van der Waals surface area contributed by atoms with E-state index in [-0.39, 0.29) is 0 Å². The third-order valence-corrected chi connectivity index (χ3v) is 2.80. The zero-order chi connectivity index (χ0) is 13.7. The Labute approximate surface area is 112 Å². The summed E-state index contributed by atoms with van der Waals surface area (Å²) < 4.78 is 8.66. The molecular weight excluding hydrogens is 244 g/mol. The first-order valence-electron chi connectivity index (χ1n) is 6.27. The molecule has 0 fully saturated rings. The highest BCUT2D eigenvalue weighted by Gasteiger charge is 2.05. The smallest absolute Gasteiger partial charge is 0.0965 e. The molecule has 0 saturated heterocycles. The maximum Gasteiger partial charge on any atom is 0.0965 e. The summed E-state index contributed by atoms with van der Waals surface area (Å²) in [5.74, 6) is 0. The van der Waals surface area contributed by atoms with Gasteiger partial charge in [-0.05, 0) is 13.0 Å². The van der Waals surface area contributed by atoms with E-state index in [1.54, 1.807) is 7.11 Å². The number of rotatable bonds is 7. The third kappa shape index (κ3) is 3.87. The minimum Gasteiger partial charge on any atom is -0.383 e. The molecule has 0 aliphatic rings. The Kier molecular flexibility index (Phi) is 4.64. The molecule has 0 spiro atoms. The number of aryl methyl sites for hydroxylation is 2. The molecule has 0 amide bonds. The van der Waals surface area contributed by atoms with Crippen molar-refractivity contribution >= 4 is 0 Å². The molecule has 104 valence electrons.